The summed E-state index contributed by atoms with van der Waals surface area (Å²) in [5, 5.41) is 7.29. The fourth-order valence-corrected chi connectivity index (χ4v) is 4.83. The molecule has 2 fully saturated rings. The first-order valence-electron chi connectivity index (χ1n) is 12.0. The molecule has 3 heterocycles. The number of carbonyl (C=O) groups is 3. The van der Waals surface area contributed by atoms with Gasteiger partial charge in [0.05, 0.1) is 12.2 Å². The fourth-order valence-electron chi connectivity index (χ4n) is 4.83. The zero-order valence-corrected chi connectivity index (χ0v) is 20.2. The minimum atomic E-state index is -2.75. The van der Waals surface area contributed by atoms with E-state index in [1.165, 1.54) is 11.0 Å². The summed E-state index contributed by atoms with van der Waals surface area (Å²) < 4.78 is 28.8. The van der Waals surface area contributed by atoms with Crippen LogP contribution in [0.25, 0.3) is 6.08 Å². The van der Waals surface area contributed by atoms with E-state index in [9.17, 15) is 23.2 Å². The number of alkyl halides is 2. The van der Waals surface area contributed by atoms with E-state index in [2.05, 4.69) is 24.3 Å². The molecular formula is C24H33F2N5O3. The number of piperidine rings is 1. The van der Waals surface area contributed by atoms with Gasteiger partial charge in [-0.25, -0.2) is 13.5 Å². The molecule has 0 aromatic carbocycles. The van der Waals surface area contributed by atoms with Crippen molar-refractivity contribution in [2.24, 2.45) is 11.8 Å². The molecule has 0 bridgehead atoms. The molecule has 10 heteroatoms. The van der Waals surface area contributed by atoms with Crippen molar-refractivity contribution in [2.75, 3.05) is 18.4 Å². The summed E-state index contributed by atoms with van der Waals surface area (Å²) in [5.41, 5.74) is 1.18. The standard InChI is InChI=1S/C24H33F2N5O3/c1-14(2)12-30(17-5-6-17)23(34)19-13-31-21(27-22(19)33)18(16(4)28-31)7-8-20(32)29-10-9-24(25,26)11-15(29)3/h7-8,14-15,17,19H,5-6,9-13H2,1-4H3,(H,27,33)/b8-7+. The highest BCUT2D eigenvalue weighted by Crippen LogP contribution is 2.33. The van der Waals surface area contributed by atoms with Crippen LogP contribution in [-0.2, 0) is 20.9 Å². The molecule has 2 unspecified atom stereocenters. The molecule has 1 aliphatic carbocycles. The molecule has 1 saturated heterocycles. The van der Waals surface area contributed by atoms with Crippen LogP contribution in [0, 0.1) is 18.8 Å². The molecule has 3 amide bonds. The van der Waals surface area contributed by atoms with E-state index >= 15 is 0 Å². The van der Waals surface area contributed by atoms with Gasteiger partial charge in [-0.2, -0.15) is 5.10 Å². The van der Waals surface area contributed by atoms with Crippen LogP contribution in [-0.4, -0.2) is 68.4 Å². The number of hydrogen-bond donors (Lipinski definition) is 1. The molecule has 34 heavy (non-hydrogen) atoms. The second-order valence-corrected chi connectivity index (χ2v) is 10.2. The summed E-state index contributed by atoms with van der Waals surface area (Å²) in [7, 11) is 0. The van der Waals surface area contributed by atoms with Gasteiger partial charge in [-0.05, 0) is 38.7 Å². The molecule has 0 spiro atoms. The molecule has 186 valence electrons. The third-order valence-corrected chi connectivity index (χ3v) is 6.74. The number of aryl methyl sites for hydroxylation is 1. The summed E-state index contributed by atoms with van der Waals surface area (Å²) in [4.78, 5) is 42.0. The zero-order valence-electron chi connectivity index (χ0n) is 20.2. The van der Waals surface area contributed by atoms with E-state index < -0.39 is 17.9 Å². The van der Waals surface area contributed by atoms with Gasteiger partial charge in [-0.1, -0.05) is 13.8 Å². The first-order valence-corrected chi connectivity index (χ1v) is 12.0. The lowest BCUT2D eigenvalue weighted by Crippen LogP contribution is -2.48. The van der Waals surface area contributed by atoms with E-state index in [0.29, 0.717) is 29.5 Å². The predicted octanol–water partition coefficient (Wildman–Crippen LogP) is 3.07. The highest BCUT2D eigenvalue weighted by atomic mass is 19.3. The Balaban J connectivity index is 1.48. The van der Waals surface area contributed by atoms with E-state index in [1.807, 2.05) is 4.90 Å². The van der Waals surface area contributed by atoms with Crippen LogP contribution in [0.4, 0.5) is 14.6 Å². The van der Waals surface area contributed by atoms with E-state index in [0.717, 1.165) is 12.8 Å². The molecule has 1 aromatic rings. The first kappa shape index (κ1) is 24.3. The summed E-state index contributed by atoms with van der Waals surface area (Å²) in [5.74, 6) is -3.75. The van der Waals surface area contributed by atoms with Crippen molar-refractivity contribution in [1.82, 2.24) is 19.6 Å². The highest BCUT2D eigenvalue weighted by Gasteiger charge is 2.42. The van der Waals surface area contributed by atoms with Crippen molar-refractivity contribution < 1.29 is 23.2 Å². The summed E-state index contributed by atoms with van der Waals surface area (Å²) in [6, 6.07) is -0.347. The number of hydrogen-bond acceptors (Lipinski definition) is 4. The summed E-state index contributed by atoms with van der Waals surface area (Å²) >= 11 is 0. The van der Waals surface area contributed by atoms with Gasteiger partial charge in [0.2, 0.25) is 17.7 Å². The molecule has 4 rings (SSSR count). The maximum Gasteiger partial charge on any atom is 0.251 e. The lowest BCUT2D eigenvalue weighted by atomic mass is 9.99. The second kappa shape index (κ2) is 9.11. The topological polar surface area (TPSA) is 87.5 Å². The van der Waals surface area contributed by atoms with Crippen LogP contribution in [0.2, 0.25) is 0 Å². The van der Waals surface area contributed by atoms with Gasteiger partial charge < -0.3 is 15.1 Å². The van der Waals surface area contributed by atoms with Gasteiger partial charge in [-0.15, -0.1) is 0 Å². The largest absolute Gasteiger partial charge is 0.339 e. The van der Waals surface area contributed by atoms with Crippen molar-refractivity contribution in [1.29, 1.82) is 0 Å². The Morgan fingerprint density at radius 3 is 2.65 bits per heavy atom. The molecule has 0 radical (unpaired) electrons. The number of aromatic nitrogens is 2. The smallest absolute Gasteiger partial charge is 0.251 e. The van der Waals surface area contributed by atoms with Crippen molar-refractivity contribution >= 4 is 29.6 Å². The maximum atomic E-state index is 13.6. The number of rotatable bonds is 6. The van der Waals surface area contributed by atoms with Crippen molar-refractivity contribution in [2.45, 2.75) is 77.9 Å². The molecule has 2 atom stereocenters. The summed E-state index contributed by atoms with van der Waals surface area (Å²) in [6.45, 7) is 8.24. The van der Waals surface area contributed by atoms with Gasteiger partial charge in [-0.3, -0.25) is 14.4 Å². The number of amides is 3. The lowest BCUT2D eigenvalue weighted by Gasteiger charge is -2.36. The number of anilines is 1. The van der Waals surface area contributed by atoms with Gasteiger partial charge in [0.15, 0.2) is 0 Å². The van der Waals surface area contributed by atoms with Crippen molar-refractivity contribution in [3.05, 3.63) is 17.3 Å². The number of carbonyl (C=O) groups excluding carboxylic acids is 3. The molecule has 1 N–H and O–H groups in total. The molecule has 1 aromatic heterocycles. The lowest BCUT2D eigenvalue weighted by molar-refractivity contribution is -0.142. The number of nitrogens with one attached hydrogen (secondary N) is 1. The molecule has 3 aliphatic rings. The molecule has 8 nitrogen and oxygen atoms in total. The maximum absolute atomic E-state index is 13.6. The Labute approximate surface area is 198 Å². The molecule has 1 saturated carbocycles. The van der Waals surface area contributed by atoms with Gasteiger partial charge in [0, 0.05) is 49.7 Å². The molecule has 2 aliphatic heterocycles. The average molecular weight is 478 g/mol. The van der Waals surface area contributed by atoms with Crippen LogP contribution in [0.1, 0.15) is 57.7 Å². The Morgan fingerprint density at radius 1 is 1.32 bits per heavy atom. The van der Waals surface area contributed by atoms with Gasteiger partial charge >= 0.3 is 0 Å². The second-order valence-electron chi connectivity index (χ2n) is 10.2. The predicted molar refractivity (Wildman–Crippen MR) is 123 cm³/mol. The van der Waals surface area contributed by atoms with Crippen LogP contribution in [0.3, 0.4) is 0 Å². The van der Waals surface area contributed by atoms with Crippen molar-refractivity contribution in [3.8, 4) is 0 Å². The molecular weight excluding hydrogens is 444 g/mol. The minimum absolute atomic E-state index is 0.00314. The number of likely N-dealkylation sites (tertiary alicyclic amines) is 1. The van der Waals surface area contributed by atoms with Gasteiger partial charge in [0.1, 0.15) is 11.7 Å². The quantitative estimate of drug-likeness (QED) is 0.504. The highest BCUT2D eigenvalue weighted by molar-refractivity contribution is 6.08. The van der Waals surface area contributed by atoms with E-state index in [4.69, 9.17) is 0 Å². The number of fused-ring (bicyclic) bond motifs is 1. The SMILES string of the molecule is Cc1nn2c(c1/C=C/C(=O)N1CCC(F)(F)CC1C)NC(=O)C(C(=O)N(CC(C)C)C1CC1)C2. The van der Waals surface area contributed by atoms with Crippen LogP contribution >= 0.6 is 0 Å². The van der Waals surface area contributed by atoms with Crippen LogP contribution in [0.15, 0.2) is 6.08 Å². The van der Waals surface area contributed by atoms with Crippen LogP contribution in [0.5, 0.6) is 0 Å². The third kappa shape index (κ3) is 5.00. The Morgan fingerprint density at radius 2 is 2.03 bits per heavy atom. The summed E-state index contributed by atoms with van der Waals surface area (Å²) in [6.07, 6.45) is 4.14. The van der Waals surface area contributed by atoms with Crippen molar-refractivity contribution in [3.63, 3.8) is 0 Å². The number of nitrogens with zero attached hydrogens (tertiary/aromatic N) is 4. The van der Waals surface area contributed by atoms with Gasteiger partial charge in [0.25, 0.3) is 5.92 Å². The Hall–Kier alpha value is -2.78. The zero-order chi connectivity index (χ0) is 24.8. The van der Waals surface area contributed by atoms with E-state index in [1.54, 1.807) is 24.6 Å². The monoisotopic (exact) mass is 477 g/mol. The fraction of sp³-hybridized carbons (Fsp3) is 0.667. The van der Waals surface area contributed by atoms with Crippen LogP contribution < -0.4 is 5.32 Å². The minimum Gasteiger partial charge on any atom is -0.339 e. The van der Waals surface area contributed by atoms with E-state index in [-0.39, 0.29) is 49.7 Å². The Bertz CT molecular complexity index is 1010. The average Bonchev–Trinajstić information content (AvgIpc) is 3.53. The third-order valence-electron chi connectivity index (χ3n) is 6.74. The first-order chi connectivity index (χ1) is 16.0. The normalized spacial score (nSPS) is 24.3. The Kier molecular flexibility index (Phi) is 6.52. The number of halogens is 2.